The van der Waals surface area contributed by atoms with Gasteiger partial charge in [-0.3, -0.25) is 0 Å². The van der Waals surface area contributed by atoms with E-state index in [0.29, 0.717) is 18.7 Å². The van der Waals surface area contributed by atoms with Gasteiger partial charge in [-0.2, -0.15) is 0 Å². The number of carbonyl (C=O) groups is 2. The Hall–Kier alpha value is -2.86. The lowest BCUT2D eigenvalue weighted by atomic mass is 9.83. The van der Waals surface area contributed by atoms with Crippen LogP contribution in [0.3, 0.4) is 0 Å². The summed E-state index contributed by atoms with van der Waals surface area (Å²) in [5.74, 6) is -1.01. The van der Waals surface area contributed by atoms with Gasteiger partial charge < -0.3 is 20.1 Å². The van der Waals surface area contributed by atoms with Crippen molar-refractivity contribution in [3.8, 4) is 11.1 Å². The van der Waals surface area contributed by atoms with Crippen LogP contribution in [0, 0.1) is 20.8 Å². The summed E-state index contributed by atoms with van der Waals surface area (Å²) < 4.78 is 6.12. The maximum Gasteiger partial charge on any atom is 0.337 e. The van der Waals surface area contributed by atoms with Crippen molar-refractivity contribution >= 4 is 12.0 Å². The van der Waals surface area contributed by atoms with E-state index in [1.807, 2.05) is 70.7 Å². The zero-order valence-corrected chi connectivity index (χ0v) is 21.1. The number of aryl methyl sites for hydroxylation is 1. The van der Waals surface area contributed by atoms with Gasteiger partial charge in [-0.15, -0.1) is 0 Å². The van der Waals surface area contributed by atoms with E-state index in [9.17, 15) is 14.7 Å². The minimum absolute atomic E-state index is 0.0427. The molecule has 6 heteroatoms. The molecule has 1 heterocycles. The molecule has 1 saturated carbocycles. The second-order valence-electron chi connectivity index (χ2n) is 10.7. The number of carboxylic acids is 1. The highest BCUT2D eigenvalue weighted by atomic mass is 16.5. The molecule has 182 valence electrons. The van der Waals surface area contributed by atoms with E-state index in [2.05, 4.69) is 5.32 Å². The van der Waals surface area contributed by atoms with Gasteiger partial charge in [0.05, 0.1) is 5.60 Å². The van der Waals surface area contributed by atoms with Crippen LogP contribution in [0.2, 0.25) is 0 Å². The lowest BCUT2D eigenvalue weighted by Gasteiger charge is -2.30. The van der Waals surface area contributed by atoms with Crippen LogP contribution in [0.25, 0.3) is 11.1 Å². The second-order valence-corrected chi connectivity index (χ2v) is 10.7. The number of carboxylic acid groups (broad SMARTS) is 1. The van der Waals surface area contributed by atoms with Crippen molar-refractivity contribution in [2.45, 2.75) is 91.6 Å². The van der Waals surface area contributed by atoms with Crippen LogP contribution in [0.5, 0.6) is 0 Å². The third kappa shape index (κ3) is 4.69. The zero-order valence-electron chi connectivity index (χ0n) is 21.1. The van der Waals surface area contributed by atoms with Gasteiger partial charge in [-0.1, -0.05) is 29.8 Å². The molecule has 34 heavy (non-hydrogen) atoms. The van der Waals surface area contributed by atoms with Gasteiger partial charge >= 0.3 is 12.0 Å². The molecule has 2 N–H and O–H groups in total. The van der Waals surface area contributed by atoms with Crippen LogP contribution in [0.4, 0.5) is 4.79 Å². The number of ether oxygens (including phenoxy) is 1. The Balaban J connectivity index is 1.84. The van der Waals surface area contributed by atoms with Gasteiger partial charge in [0.25, 0.3) is 0 Å². The first-order chi connectivity index (χ1) is 16.0. The van der Waals surface area contributed by atoms with Gasteiger partial charge in [0.1, 0.15) is 0 Å². The summed E-state index contributed by atoms with van der Waals surface area (Å²) in [6, 6.07) is 8.39. The quantitative estimate of drug-likeness (QED) is 0.586. The number of fused-ring (bicyclic) bond motifs is 1. The summed E-state index contributed by atoms with van der Waals surface area (Å²) in [6.07, 6.45) is 2.13. The molecule has 1 atom stereocenters. The molecule has 2 amide bonds. The van der Waals surface area contributed by atoms with Crippen LogP contribution >= 0.6 is 0 Å². The number of nitrogens with zero attached hydrogens (tertiary/aromatic N) is 1. The van der Waals surface area contributed by atoms with E-state index in [-0.39, 0.29) is 12.1 Å². The number of urea groups is 1. The Labute approximate surface area is 202 Å². The van der Waals surface area contributed by atoms with Crippen molar-refractivity contribution in [3.05, 3.63) is 57.6 Å². The molecule has 0 saturated heterocycles. The Morgan fingerprint density at radius 3 is 2.12 bits per heavy atom. The molecule has 6 nitrogen and oxygen atoms in total. The van der Waals surface area contributed by atoms with E-state index >= 15 is 0 Å². The van der Waals surface area contributed by atoms with Crippen molar-refractivity contribution in [1.82, 2.24) is 10.2 Å². The first-order valence-electron chi connectivity index (χ1n) is 12.1. The average molecular weight is 465 g/mol. The minimum Gasteiger partial charge on any atom is -0.479 e. The molecular formula is C28H36N2O4. The summed E-state index contributed by atoms with van der Waals surface area (Å²) in [6.45, 7) is 12.7. The summed E-state index contributed by atoms with van der Waals surface area (Å²) in [5.41, 5.74) is 7.11. The molecule has 0 aromatic heterocycles. The smallest absolute Gasteiger partial charge is 0.337 e. The topological polar surface area (TPSA) is 78.9 Å². The highest BCUT2D eigenvalue weighted by molar-refractivity contribution is 5.85. The van der Waals surface area contributed by atoms with E-state index in [4.69, 9.17) is 4.74 Å². The molecule has 2 aliphatic rings. The number of hydrogen-bond donors (Lipinski definition) is 2. The second kappa shape index (κ2) is 9.06. The molecule has 0 spiro atoms. The summed E-state index contributed by atoms with van der Waals surface area (Å²) in [5, 5.41) is 13.4. The minimum atomic E-state index is -1.11. The molecule has 1 aliphatic heterocycles. The highest BCUT2D eigenvalue weighted by Gasteiger charge is 2.36. The SMILES string of the molecule is Cc1ccc(-c2c(C)c3c(c(C)c2C(OC(C)(C)C)C(=O)O)CN(C(=O)NC2CCC2)C3)cc1. The number of nitrogens with one attached hydrogen (secondary N) is 1. The fraction of sp³-hybridized carbons (Fsp3) is 0.500. The molecular weight excluding hydrogens is 428 g/mol. The maximum atomic E-state index is 12.9. The third-order valence-corrected chi connectivity index (χ3v) is 7.03. The average Bonchev–Trinajstić information content (AvgIpc) is 3.18. The molecule has 2 aromatic carbocycles. The van der Waals surface area contributed by atoms with Gasteiger partial charge in [-0.05, 0) is 94.2 Å². The van der Waals surface area contributed by atoms with Crippen LogP contribution in [0.15, 0.2) is 24.3 Å². The largest absolute Gasteiger partial charge is 0.479 e. The Kier molecular flexibility index (Phi) is 6.47. The molecule has 0 radical (unpaired) electrons. The number of carbonyl (C=O) groups excluding carboxylic acids is 1. The number of amides is 2. The van der Waals surface area contributed by atoms with Crippen molar-refractivity contribution in [2.24, 2.45) is 0 Å². The van der Waals surface area contributed by atoms with E-state index in [1.165, 1.54) is 0 Å². The fourth-order valence-corrected chi connectivity index (χ4v) is 4.99. The van der Waals surface area contributed by atoms with Gasteiger partial charge in [0.15, 0.2) is 6.10 Å². The van der Waals surface area contributed by atoms with Gasteiger partial charge in [-0.25, -0.2) is 9.59 Å². The fourth-order valence-electron chi connectivity index (χ4n) is 4.99. The molecule has 4 rings (SSSR count). The van der Waals surface area contributed by atoms with Gasteiger partial charge in [0.2, 0.25) is 0 Å². The molecule has 0 bridgehead atoms. The lowest BCUT2D eigenvalue weighted by Crippen LogP contribution is -2.45. The van der Waals surface area contributed by atoms with Crippen LogP contribution in [-0.2, 0) is 22.6 Å². The summed E-state index contributed by atoms with van der Waals surface area (Å²) >= 11 is 0. The number of aliphatic carboxylic acids is 1. The molecule has 2 aromatic rings. The van der Waals surface area contributed by atoms with Crippen molar-refractivity contribution < 1.29 is 19.4 Å². The Bertz CT molecular complexity index is 1110. The predicted molar refractivity (Wildman–Crippen MR) is 133 cm³/mol. The molecule has 1 unspecified atom stereocenters. The number of rotatable bonds is 5. The maximum absolute atomic E-state index is 12.9. The van der Waals surface area contributed by atoms with Gasteiger partial charge in [0, 0.05) is 24.7 Å². The van der Waals surface area contributed by atoms with Crippen LogP contribution in [-0.4, -0.2) is 33.6 Å². The molecule has 1 fully saturated rings. The lowest BCUT2D eigenvalue weighted by molar-refractivity contribution is -0.160. The standard InChI is InChI=1S/C28H36N2O4/c1-16-10-12-19(13-11-16)23-17(2)21-14-30(27(33)29-20-8-7-9-20)15-22(21)18(3)24(23)25(26(31)32)34-28(4,5)6/h10-13,20,25H,7-9,14-15H2,1-6H3,(H,29,33)(H,31,32). The Morgan fingerprint density at radius 2 is 1.62 bits per heavy atom. The first kappa shape index (κ1) is 24.3. The van der Waals surface area contributed by atoms with E-state index in [1.54, 1.807) is 0 Å². The molecule has 1 aliphatic carbocycles. The van der Waals surface area contributed by atoms with Crippen molar-refractivity contribution in [1.29, 1.82) is 0 Å². The first-order valence-corrected chi connectivity index (χ1v) is 12.1. The normalized spacial score (nSPS) is 16.7. The third-order valence-electron chi connectivity index (χ3n) is 7.03. The van der Waals surface area contributed by atoms with Crippen molar-refractivity contribution in [2.75, 3.05) is 0 Å². The van der Waals surface area contributed by atoms with E-state index < -0.39 is 17.7 Å². The number of hydrogen-bond acceptors (Lipinski definition) is 3. The highest BCUT2D eigenvalue weighted by Crippen LogP contribution is 2.43. The Morgan fingerprint density at radius 1 is 1.03 bits per heavy atom. The zero-order chi connectivity index (χ0) is 24.8. The van der Waals surface area contributed by atoms with Crippen LogP contribution in [0.1, 0.15) is 79.5 Å². The predicted octanol–water partition coefficient (Wildman–Crippen LogP) is 5.80. The van der Waals surface area contributed by atoms with Crippen molar-refractivity contribution in [3.63, 3.8) is 0 Å². The monoisotopic (exact) mass is 464 g/mol. The van der Waals surface area contributed by atoms with E-state index in [0.717, 1.165) is 58.2 Å². The summed E-state index contributed by atoms with van der Waals surface area (Å²) in [4.78, 5) is 27.3. The van der Waals surface area contributed by atoms with Crippen LogP contribution < -0.4 is 5.32 Å². The summed E-state index contributed by atoms with van der Waals surface area (Å²) in [7, 11) is 0. The number of benzene rings is 2.